The summed E-state index contributed by atoms with van der Waals surface area (Å²) in [5.41, 5.74) is 7.05. The van der Waals surface area contributed by atoms with Crippen molar-refractivity contribution in [3.63, 3.8) is 0 Å². The van der Waals surface area contributed by atoms with Crippen molar-refractivity contribution in [1.82, 2.24) is 9.78 Å². The van der Waals surface area contributed by atoms with Crippen LogP contribution in [0.2, 0.25) is 0 Å². The maximum absolute atomic E-state index is 11.4. The van der Waals surface area contributed by atoms with E-state index >= 15 is 0 Å². The number of hydrogen-bond donors (Lipinski definition) is 1. The van der Waals surface area contributed by atoms with Crippen LogP contribution in [0.15, 0.2) is 30.5 Å². The number of aromatic nitrogens is 2. The molecule has 0 spiro atoms. The summed E-state index contributed by atoms with van der Waals surface area (Å²) in [4.78, 5) is 14.7. The van der Waals surface area contributed by atoms with Gasteiger partial charge in [0.2, 0.25) is 5.69 Å². The minimum atomic E-state index is -0.437. The highest BCUT2D eigenvalue weighted by Gasteiger charge is 2.11. The standard InChI is InChI=1S/C12H10N4O2/c1-14-10-7-15-16(11(10)13)9-5-3-4-8(6-9)12(17)18-2/h3-7H,13H2,2H3. The number of anilines is 1. The molecule has 18 heavy (non-hydrogen) atoms. The number of carbonyl (C=O) groups is 1. The van der Waals surface area contributed by atoms with Crippen molar-refractivity contribution in [2.75, 3.05) is 12.8 Å². The van der Waals surface area contributed by atoms with Crippen molar-refractivity contribution >= 4 is 17.5 Å². The van der Waals surface area contributed by atoms with Crippen LogP contribution < -0.4 is 5.73 Å². The Hall–Kier alpha value is -2.81. The van der Waals surface area contributed by atoms with Crippen LogP contribution in [0.4, 0.5) is 11.5 Å². The molecule has 1 aromatic heterocycles. The molecule has 1 heterocycles. The second kappa shape index (κ2) is 4.59. The van der Waals surface area contributed by atoms with Gasteiger partial charge in [-0.25, -0.2) is 14.3 Å². The highest BCUT2D eigenvalue weighted by Crippen LogP contribution is 2.24. The predicted molar refractivity (Wildman–Crippen MR) is 65.6 cm³/mol. The fourth-order valence-electron chi connectivity index (χ4n) is 1.52. The average molecular weight is 242 g/mol. The molecule has 0 bridgehead atoms. The molecule has 6 heteroatoms. The first-order valence-electron chi connectivity index (χ1n) is 5.07. The Morgan fingerprint density at radius 3 is 2.94 bits per heavy atom. The molecular weight excluding hydrogens is 232 g/mol. The first-order chi connectivity index (χ1) is 8.67. The van der Waals surface area contributed by atoms with Gasteiger partial charge in [-0.1, -0.05) is 6.07 Å². The van der Waals surface area contributed by atoms with E-state index in [0.717, 1.165) is 0 Å². The number of hydrogen-bond acceptors (Lipinski definition) is 4. The molecular formula is C12H10N4O2. The molecule has 0 saturated carbocycles. The second-order valence-corrected chi connectivity index (χ2v) is 3.48. The monoisotopic (exact) mass is 242 g/mol. The van der Waals surface area contributed by atoms with Gasteiger partial charge in [0.1, 0.15) is 5.82 Å². The number of methoxy groups -OCH3 is 1. The van der Waals surface area contributed by atoms with E-state index in [1.165, 1.54) is 18.0 Å². The molecule has 6 nitrogen and oxygen atoms in total. The van der Waals surface area contributed by atoms with Crippen molar-refractivity contribution in [3.05, 3.63) is 47.4 Å². The summed E-state index contributed by atoms with van der Waals surface area (Å²) in [6.45, 7) is 6.92. The quantitative estimate of drug-likeness (QED) is 0.643. The molecule has 0 radical (unpaired) electrons. The van der Waals surface area contributed by atoms with Crippen LogP contribution in [0.5, 0.6) is 0 Å². The van der Waals surface area contributed by atoms with Crippen molar-refractivity contribution < 1.29 is 9.53 Å². The van der Waals surface area contributed by atoms with Gasteiger partial charge in [-0.15, -0.1) is 0 Å². The molecule has 2 rings (SSSR count). The lowest BCUT2D eigenvalue weighted by atomic mass is 10.2. The molecule has 2 N–H and O–H groups in total. The Morgan fingerprint density at radius 1 is 1.56 bits per heavy atom. The highest BCUT2D eigenvalue weighted by atomic mass is 16.5. The van der Waals surface area contributed by atoms with E-state index in [1.54, 1.807) is 24.3 Å². The van der Waals surface area contributed by atoms with Gasteiger partial charge in [-0.05, 0) is 18.2 Å². The number of esters is 1. The predicted octanol–water partition coefficient (Wildman–Crippen LogP) is 1.79. The molecule has 0 aliphatic rings. The molecule has 0 aliphatic heterocycles. The second-order valence-electron chi connectivity index (χ2n) is 3.48. The fraction of sp³-hybridized carbons (Fsp3) is 0.0833. The summed E-state index contributed by atoms with van der Waals surface area (Å²) in [6, 6.07) is 6.66. The number of ether oxygens (including phenoxy) is 1. The number of benzene rings is 1. The number of rotatable bonds is 2. The largest absolute Gasteiger partial charge is 0.465 e. The van der Waals surface area contributed by atoms with Crippen molar-refractivity contribution in [2.24, 2.45) is 0 Å². The highest BCUT2D eigenvalue weighted by molar-refractivity contribution is 5.90. The van der Waals surface area contributed by atoms with E-state index in [9.17, 15) is 4.79 Å². The summed E-state index contributed by atoms with van der Waals surface area (Å²) in [7, 11) is 1.31. The van der Waals surface area contributed by atoms with E-state index in [-0.39, 0.29) is 11.5 Å². The van der Waals surface area contributed by atoms with Crippen LogP contribution in [0.1, 0.15) is 10.4 Å². The van der Waals surface area contributed by atoms with E-state index in [0.29, 0.717) is 11.3 Å². The van der Waals surface area contributed by atoms with E-state index in [2.05, 4.69) is 14.7 Å². The molecule has 1 aromatic carbocycles. The van der Waals surface area contributed by atoms with Crippen LogP contribution in [0.3, 0.4) is 0 Å². The molecule has 0 amide bonds. The maximum atomic E-state index is 11.4. The number of nitrogen functional groups attached to an aromatic ring is 1. The summed E-state index contributed by atoms with van der Waals surface area (Å²) >= 11 is 0. The minimum Gasteiger partial charge on any atom is -0.465 e. The zero-order chi connectivity index (χ0) is 13.1. The normalized spacial score (nSPS) is 9.78. The zero-order valence-corrected chi connectivity index (χ0v) is 9.62. The van der Waals surface area contributed by atoms with E-state index in [4.69, 9.17) is 12.3 Å². The topological polar surface area (TPSA) is 74.5 Å². The summed E-state index contributed by atoms with van der Waals surface area (Å²) in [5.74, 6) is -0.194. The van der Waals surface area contributed by atoms with Gasteiger partial charge in [0.05, 0.1) is 31.1 Å². The molecule has 0 saturated heterocycles. The molecule has 0 fully saturated rings. The minimum absolute atomic E-state index is 0.243. The van der Waals surface area contributed by atoms with Crippen molar-refractivity contribution in [1.29, 1.82) is 0 Å². The zero-order valence-electron chi connectivity index (χ0n) is 9.62. The lowest BCUT2D eigenvalue weighted by Crippen LogP contribution is -2.05. The summed E-state index contributed by atoms with van der Waals surface area (Å²) in [5, 5.41) is 4.01. The van der Waals surface area contributed by atoms with Crippen LogP contribution in [0.25, 0.3) is 10.5 Å². The molecule has 2 aromatic rings. The number of nitrogens with two attached hydrogens (primary N) is 1. The van der Waals surface area contributed by atoms with Gasteiger partial charge >= 0.3 is 5.97 Å². The van der Waals surface area contributed by atoms with Gasteiger partial charge in [-0.2, -0.15) is 5.10 Å². The van der Waals surface area contributed by atoms with Crippen LogP contribution in [0, 0.1) is 6.57 Å². The third-order valence-electron chi connectivity index (χ3n) is 2.42. The molecule has 0 unspecified atom stereocenters. The lowest BCUT2D eigenvalue weighted by Gasteiger charge is -2.06. The van der Waals surface area contributed by atoms with Gasteiger partial charge in [0, 0.05) is 0 Å². The van der Waals surface area contributed by atoms with Gasteiger partial charge in [0.25, 0.3) is 0 Å². The third kappa shape index (κ3) is 1.89. The van der Waals surface area contributed by atoms with Gasteiger partial charge < -0.3 is 10.5 Å². The third-order valence-corrected chi connectivity index (χ3v) is 2.42. The van der Waals surface area contributed by atoms with Gasteiger partial charge in [-0.3, -0.25) is 0 Å². The van der Waals surface area contributed by atoms with Crippen molar-refractivity contribution in [3.8, 4) is 5.69 Å². The first-order valence-corrected chi connectivity index (χ1v) is 5.07. The molecule has 0 atom stereocenters. The SMILES string of the molecule is [C-]#[N+]c1cnn(-c2cccc(C(=O)OC)c2)c1N. The number of nitrogens with zero attached hydrogens (tertiary/aromatic N) is 3. The fourth-order valence-corrected chi connectivity index (χ4v) is 1.52. The Kier molecular flexibility index (Phi) is 2.98. The smallest absolute Gasteiger partial charge is 0.337 e. The van der Waals surface area contributed by atoms with E-state index < -0.39 is 5.97 Å². The van der Waals surface area contributed by atoms with E-state index in [1.807, 2.05) is 0 Å². The summed E-state index contributed by atoms with van der Waals surface area (Å²) in [6.07, 6.45) is 1.38. The Labute approximate surface area is 103 Å². The molecule has 0 aliphatic carbocycles. The van der Waals surface area contributed by atoms with Crippen molar-refractivity contribution in [2.45, 2.75) is 0 Å². The lowest BCUT2D eigenvalue weighted by molar-refractivity contribution is 0.0600. The van der Waals surface area contributed by atoms with Gasteiger partial charge in [0.15, 0.2) is 0 Å². The average Bonchev–Trinajstić information content (AvgIpc) is 2.79. The Balaban J connectivity index is 2.48. The number of carbonyl (C=O) groups excluding carboxylic acids is 1. The van der Waals surface area contributed by atoms with Crippen LogP contribution in [-0.4, -0.2) is 22.9 Å². The van der Waals surface area contributed by atoms with Crippen LogP contribution >= 0.6 is 0 Å². The maximum Gasteiger partial charge on any atom is 0.337 e. The Bertz CT molecular complexity index is 640. The molecule has 90 valence electrons. The van der Waals surface area contributed by atoms with Crippen LogP contribution in [-0.2, 0) is 4.74 Å². The Morgan fingerprint density at radius 2 is 2.33 bits per heavy atom. The first kappa shape index (κ1) is 11.7. The summed E-state index contributed by atoms with van der Waals surface area (Å²) < 4.78 is 6.04.